The second kappa shape index (κ2) is 10.9. The van der Waals surface area contributed by atoms with Gasteiger partial charge in [-0.2, -0.15) is 0 Å². The summed E-state index contributed by atoms with van der Waals surface area (Å²) in [6, 6.07) is 7.83. The SMILES string of the molecule is O=C1CCC(N2Cc3c([NH2+][O-])cccc3C2=O)C(=O)N1.O=C1CCC(N2Cc3c(cccc3[N+](=O)[O-])C2=O)C(=O)N1. The predicted octanol–water partition coefficient (Wildman–Crippen LogP) is -0.504. The summed E-state index contributed by atoms with van der Waals surface area (Å²) in [5.41, 5.74) is 2.71. The van der Waals surface area contributed by atoms with Crippen molar-refractivity contribution in [2.75, 3.05) is 0 Å². The highest BCUT2D eigenvalue weighted by atomic mass is 16.6. The number of hydrogen-bond donors (Lipinski definition) is 3. The van der Waals surface area contributed by atoms with Gasteiger partial charge in [-0.05, 0) is 31.0 Å². The zero-order valence-corrected chi connectivity index (χ0v) is 21.5. The highest BCUT2D eigenvalue weighted by Gasteiger charge is 2.42. The Morgan fingerprint density at radius 2 is 1.24 bits per heavy atom. The Labute approximate surface area is 231 Å². The van der Waals surface area contributed by atoms with Gasteiger partial charge < -0.3 is 20.5 Å². The molecule has 2 aromatic carbocycles. The minimum atomic E-state index is -0.762. The summed E-state index contributed by atoms with van der Waals surface area (Å²) in [6.45, 7) is 0.243. The molecule has 0 radical (unpaired) electrons. The summed E-state index contributed by atoms with van der Waals surface area (Å²) in [4.78, 5) is 83.9. The third-order valence-electron chi connectivity index (χ3n) is 7.50. The average Bonchev–Trinajstić information content (AvgIpc) is 3.45. The van der Waals surface area contributed by atoms with Crippen LogP contribution in [0.4, 0.5) is 11.4 Å². The summed E-state index contributed by atoms with van der Waals surface area (Å²) in [5, 5.41) is 26.4. The van der Waals surface area contributed by atoms with E-state index in [9.17, 15) is 44.1 Å². The molecule has 4 heterocycles. The lowest BCUT2D eigenvalue weighted by molar-refractivity contribution is -0.497. The van der Waals surface area contributed by atoms with Crippen LogP contribution in [0.25, 0.3) is 0 Å². The number of fused-ring (bicyclic) bond motifs is 2. The standard InChI is InChI=1S/C13H11N3O5.C13H13N3O4/c17-11-5-4-10(12(18)14-11)15-6-8-7(13(15)19)2-1-3-9(8)16(20)21;17-11-5-4-10(12(18)14-11)16-6-8-7(13(16)19)2-1-3-9(8)15-20/h1-3,10H,4-6H2,(H,14,17,18);1-3,10H,4-6,15H2,(H,14,17,18). The average molecular weight is 565 g/mol. The van der Waals surface area contributed by atoms with Crippen LogP contribution >= 0.6 is 0 Å². The van der Waals surface area contributed by atoms with Gasteiger partial charge in [-0.15, -0.1) is 0 Å². The fourth-order valence-corrected chi connectivity index (χ4v) is 5.46. The number of carbonyl (C=O) groups is 6. The number of nitro benzene ring substituents is 1. The number of benzene rings is 2. The first-order valence-corrected chi connectivity index (χ1v) is 12.7. The van der Waals surface area contributed by atoms with Crippen LogP contribution in [0.5, 0.6) is 0 Å². The number of amides is 6. The largest absolute Gasteiger partial charge is 0.630 e. The number of nitrogens with one attached hydrogen (secondary N) is 2. The van der Waals surface area contributed by atoms with Gasteiger partial charge in [-0.3, -0.25) is 49.5 Å². The quantitative estimate of drug-likeness (QED) is 0.188. The fourth-order valence-electron chi connectivity index (χ4n) is 5.46. The van der Waals surface area contributed by atoms with Crippen LogP contribution in [0.1, 0.15) is 57.5 Å². The molecule has 4 N–H and O–H groups in total. The van der Waals surface area contributed by atoms with Crippen LogP contribution in [0.2, 0.25) is 0 Å². The Hall–Kier alpha value is -5.02. The number of quaternary nitrogens is 1. The highest BCUT2D eigenvalue weighted by Crippen LogP contribution is 2.33. The van der Waals surface area contributed by atoms with E-state index < -0.39 is 34.7 Å². The van der Waals surface area contributed by atoms with Gasteiger partial charge in [0.1, 0.15) is 17.8 Å². The van der Waals surface area contributed by atoms with E-state index in [0.717, 1.165) is 0 Å². The number of piperidine rings is 2. The molecule has 2 atom stereocenters. The van der Waals surface area contributed by atoms with Crippen LogP contribution in [0.15, 0.2) is 36.4 Å². The van der Waals surface area contributed by atoms with Crippen molar-refractivity contribution < 1.29 is 39.2 Å². The van der Waals surface area contributed by atoms with E-state index in [4.69, 9.17) is 0 Å². The number of carbonyl (C=O) groups excluding carboxylic acids is 6. The number of imide groups is 2. The van der Waals surface area contributed by atoms with Crippen molar-refractivity contribution in [2.24, 2.45) is 0 Å². The van der Waals surface area contributed by atoms with Gasteiger partial charge in [0.2, 0.25) is 23.6 Å². The van der Waals surface area contributed by atoms with Gasteiger partial charge in [0.25, 0.3) is 17.5 Å². The van der Waals surface area contributed by atoms with Gasteiger partial charge in [0, 0.05) is 24.5 Å². The normalized spacial score (nSPS) is 21.6. The maximum Gasteiger partial charge on any atom is 0.275 e. The number of hydrogen-bond acceptors (Lipinski definition) is 9. The lowest BCUT2D eigenvalue weighted by Gasteiger charge is -2.29. The molecule has 4 aliphatic heterocycles. The Balaban J connectivity index is 0.000000165. The van der Waals surface area contributed by atoms with E-state index in [2.05, 4.69) is 10.6 Å². The van der Waals surface area contributed by atoms with E-state index in [-0.39, 0.29) is 61.3 Å². The molecule has 0 bridgehead atoms. The Kier molecular flexibility index (Phi) is 7.30. The Morgan fingerprint density at radius 3 is 1.73 bits per heavy atom. The van der Waals surface area contributed by atoms with Crippen molar-refractivity contribution in [3.05, 3.63) is 74.0 Å². The van der Waals surface area contributed by atoms with Gasteiger partial charge in [-0.25, -0.2) is 0 Å². The molecule has 41 heavy (non-hydrogen) atoms. The van der Waals surface area contributed by atoms with E-state index in [1.807, 2.05) is 0 Å². The van der Waals surface area contributed by atoms with Gasteiger partial charge in [-0.1, -0.05) is 12.1 Å². The van der Waals surface area contributed by atoms with E-state index in [0.29, 0.717) is 34.3 Å². The molecular weight excluding hydrogens is 540 g/mol. The molecule has 0 aliphatic carbocycles. The number of nitrogens with two attached hydrogens (primary N) is 1. The molecule has 0 spiro atoms. The maximum atomic E-state index is 12.3. The summed E-state index contributed by atoms with van der Waals surface area (Å²) in [5.74, 6) is -2.35. The van der Waals surface area contributed by atoms with Crippen molar-refractivity contribution in [2.45, 2.75) is 50.9 Å². The van der Waals surface area contributed by atoms with Crippen LogP contribution in [-0.2, 0) is 32.3 Å². The smallest absolute Gasteiger partial charge is 0.275 e. The second-order valence-electron chi connectivity index (χ2n) is 9.85. The summed E-state index contributed by atoms with van der Waals surface area (Å²) >= 11 is 0. The molecule has 15 heteroatoms. The number of rotatable bonds is 4. The minimum absolute atomic E-state index is 0.0115. The van der Waals surface area contributed by atoms with Gasteiger partial charge >= 0.3 is 0 Å². The molecule has 6 amide bonds. The molecule has 15 nitrogen and oxygen atoms in total. The van der Waals surface area contributed by atoms with Crippen LogP contribution in [0.3, 0.4) is 0 Å². The summed E-state index contributed by atoms with van der Waals surface area (Å²) < 4.78 is 0. The highest BCUT2D eigenvalue weighted by molar-refractivity contribution is 6.07. The topological polar surface area (TPSA) is 216 Å². The zero-order valence-electron chi connectivity index (χ0n) is 21.5. The van der Waals surface area contributed by atoms with Crippen molar-refractivity contribution in [1.82, 2.24) is 20.4 Å². The minimum Gasteiger partial charge on any atom is -0.630 e. The van der Waals surface area contributed by atoms with Crippen molar-refractivity contribution in [1.29, 1.82) is 0 Å². The third-order valence-corrected chi connectivity index (χ3v) is 7.50. The number of nitro groups is 1. The molecule has 6 rings (SSSR count). The van der Waals surface area contributed by atoms with Crippen LogP contribution in [0, 0.1) is 15.3 Å². The Morgan fingerprint density at radius 1 is 0.756 bits per heavy atom. The van der Waals surface area contributed by atoms with Crippen LogP contribution < -0.4 is 16.1 Å². The van der Waals surface area contributed by atoms with Crippen molar-refractivity contribution in [3.63, 3.8) is 0 Å². The molecule has 2 unspecified atom stereocenters. The van der Waals surface area contributed by atoms with E-state index in [1.165, 1.54) is 28.0 Å². The zero-order chi connectivity index (χ0) is 29.4. The van der Waals surface area contributed by atoms with Gasteiger partial charge in [0.05, 0.1) is 34.7 Å². The molecule has 2 saturated heterocycles. The maximum absolute atomic E-state index is 12.3. The first-order chi connectivity index (χ1) is 19.6. The molecule has 2 aromatic rings. The van der Waals surface area contributed by atoms with Crippen molar-refractivity contribution >= 4 is 46.8 Å². The molecular formula is C26H24N6O9. The van der Waals surface area contributed by atoms with Crippen molar-refractivity contribution in [3.8, 4) is 0 Å². The first kappa shape index (κ1) is 27.5. The van der Waals surface area contributed by atoms with E-state index >= 15 is 0 Å². The lowest BCUT2D eigenvalue weighted by Crippen LogP contribution is -2.70. The van der Waals surface area contributed by atoms with Crippen LogP contribution in [-0.4, -0.2) is 62.2 Å². The monoisotopic (exact) mass is 564 g/mol. The molecule has 212 valence electrons. The number of nitrogens with zero attached hydrogens (tertiary/aromatic N) is 3. The lowest BCUT2D eigenvalue weighted by atomic mass is 10.0. The molecule has 0 aromatic heterocycles. The fraction of sp³-hybridized carbons (Fsp3) is 0.308. The summed E-state index contributed by atoms with van der Waals surface area (Å²) in [7, 11) is 0. The second-order valence-corrected chi connectivity index (χ2v) is 9.85. The van der Waals surface area contributed by atoms with Gasteiger partial charge in [0.15, 0.2) is 0 Å². The third kappa shape index (κ3) is 5.03. The Bertz CT molecular complexity index is 1520. The molecule has 2 fully saturated rings. The molecule has 0 saturated carbocycles. The predicted molar refractivity (Wildman–Crippen MR) is 137 cm³/mol. The first-order valence-electron chi connectivity index (χ1n) is 12.7. The molecule has 4 aliphatic rings. The summed E-state index contributed by atoms with van der Waals surface area (Å²) in [6.07, 6.45) is 0.925. The van der Waals surface area contributed by atoms with E-state index in [1.54, 1.807) is 18.2 Å².